The van der Waals surface area contributed by atoms with Gasteiger partial charge in [-0.25, -0.2) is 0 Å². The van der Waals surface area contributed by atoms with Crippen molar-refractivity contribution >= 4 is 22.6 Å². The summed E-state index contributed by atoms with van der Waals surface area (Å²) in [5.41, 5.74) is 0. The Morgan fingerprint density at radius 2 is 1.79 bits per heavy atom. The van der Waals surface area contributed by atoms with Crippen LogP contribution in [0.15, 0.2) is 12.2 Å². The first-order valence-corrected chi connectivity index (χ1v) is 6.80. The van der Waals surface area contributed by atoms with Gasteiger partial charge in [0.2, 0.25) is 0 Å². The zero-order valence-corrected chi connectivity index (χ0v) is 11.2. The lowest BCUT2D eigenvalue weighted by molar-refractivity contribution is -0.0528. The minimum absolute atomic E-state index is 0.445. The summed E-state index contributed by atoms with van der Waals surface area (Å²) < 4.78 is 11.7. The fraction of sp³-hybridized carbons (Fsp3) is 0.818. The summed E-state index contributed by atoms with van der Waals surface area (Å²) in [4.78, 5) is 0. The Labute approximate surface area is 101 Å². The number of hydrogen-bond acceptors (Lipinski definition) is 2. The van der Waals surface area contributed by atoms with Crippen molar-refractivity contribution in [2.45, 2.75) is 32.6 Å². The van der Waals surface area contributed by atoms with E-state index in [4.69, 9.17) is 9.47 Å². The highest BCUT2D eigenvalue weighted by atomic mass is 127. The van der Waals surface area contributed by atoms with Crippen LogP contribution >= 0.6 is 22.6 Å². The van der Waals surface area contributed by atoms with Crippen molar-refractivity contribution < 1.29 is 9.47 Å². The number of unbranched alkanes of at least 4 members (excludes halogenated alkanes) is 1. The van der Waals surface area contributed by atoms with Crippen LogP contribution in [0.5, 0.6) is 0 Å². The molecule has 0 rings (SSSR count). The zero-order valence-electron chi connectivity index (χ0n) is 9.01. The molecule has 0 aromatic carbocycles. The molecule has 0 amide bonds. The Hall–Kier alpha value is 0.390. The van der Waals surface area contributed by atoms with Crippen LogP contribution in [0.25, 0.3) is 0 Å². The number of alkyl halides is 1. The van der Waals surface area contributed by atoms with Crippen LogP contribution in [-0.4, -0.2) is 24.4 Å². The van der Waals surface area contributed by atoms with Gasteiger partial charge in [-0.15, -0.1) is 0 Å². The highest BCUT2D eigenvalue weighted by Crippen LogP contribution is 1.93. The second kappa shape index (κ2) is 13.4. The summed E-state index contributed by atoms with van der Waals surface area (Å²) >= 11 is 2.37. The lowest BCUT2D eigenvalue weighted by Gasteiger charge is -2.03. The SMILES string of the molecule is CCCCOCOCCC=CCCI. The minimum atomic E-state index is 0.445. The van der Waals surface area contributed by atoms with Crippen LogP contribution in [0.2, 0.25) is 0 Å². The van der Waals surface area contributed by atoms with Crippen LogP contribution in [0, 0.1) is 0 Å². The second-order valence-electron chi connectivity index (χ2n) is 3.03. The molecule has 14 heavy (non-hydrogen) atoms. The van der Waals surface area contributed by atoms with Crippen molar-refractivity contribution in [2.75, 3.05) is 24.4 Å². The van der Waals surface area contributed by atoms with Gasteiger partial charge in [-0.3, -0.25) is 0 Å². The van der Waals surface area contributed by atoms with E-state index in [-0.39, 0.29) is 0 Å². The average Bonchev–Trinajstić information content (AvgIpc) is 2.21. The summed E-state index contributed by atoms with van der Waals surface area (Å²) in [6.45, 7) is 4.19. The lowest BCUT2D eigenvalue weighted by atomic mass is 10.3. The maximum absolute atomic E-state index is 5.29. The first kappa shape index (κ1) is 14.4. The summed E-state index contributed by atoms with van der Waals surface area (Å²) in [5, 5.41) is 0. The summed E-state index contributed by atoms with van der Waals surface area (Å²) in [7, 11) is 0. The third-order valence-electron chi connectivity index (χ3n) is 1.68. The van der Waals surface area contributed by atoms with Gasteiger partial charge in [-0.2, -0.15) is 0 Å². The summed E-state index contributed by atoms with van der Waals surface area (Å²) in [6.07, 6.45) is 8.83. The largest absolute Gasteiger partial charge is 0.355 e. The summed E-state index contributed by atoms with van der Waals surface area (Å²) in [6, 6.07) is 0. The van der Waals surface area contributed by atoms with Gasteiger partial charge in [0, 0.05) is 11.0 Å². The predicted molar refractivity (Wildman–Crippen MR) is 68.9 cm³/mol. The van der Waals surface area contributed by atoms with Crippen LogP contribution in [0.3, 0.4) is 0 Å². The van der Waals surface area contributed by atoms with Gasteiger partial charge in [0.05, 0.1) is 6.61 Å². The van der Waals surface area contributed by atoms with Gasteiger partial charge in [-0.1, -0.05) is 48.1 Å². The van der Waals surface area contributed by atoms with E-state index < -0.39 is 0 Å². The molecule has 0 aromatic rings. The molecule has 0 spiro atoms. The van der Waals surface area contributed by atoms with E-state index in [0.717, 1.165) is 32.5 Å². The number of ether oxygens (including phenoxy) is 2. The monoisotopic (exact) mass is 312 g/mol. The molecule has 0 bridgehead atoms. The van der Waals surface area contributed by atoms with E-state index >= 15 is 0 Å². The molecule has 3 heteroatoms. The molecular formula is C11H21IO2. The third kappa shape index (κ3) is 12.4. The number of hydrogen-bond donors (Lipinski definition) is 0. The van der Waals surface area contributed by atoms with Crippen molar-refractivity contribution in [1.29, 1.82) is 0 Å². The molecular weight excluding hydrogens is 291 g/mol. The Bertz CT molecular complexity index is 126. The van der Waals surface area contributed by atoms with Crippen LogP contribution in [0.4, 0.5) is 0 Å². The normalized spacial score (nSPS) is 11.3. The molecule has 0 unspecified atom stereocenters. The standard InChI is InChI=1S/C11H21IO2/c1-2-3-9-13-11-14-10-7-5-4-6-8-12/h4-5H,2-3,6-11H2,1H3. The molecule has 2 nitrogen and oxygen atoms in total. The first-order valence-electron chi connectivity index (χ1n) is 5.28. The third-order valence-corrected chi connectivity index (χ3v) is 2.30. The Morgan fingerprint density at radius 1 is 1.07 bits per heavy atom. The van der Waals surface area contributed by atoms with Crippen LogP contribution < -0.4 is 0 Å². The molecule has 0 heterocycles. The topological polar surface area (TPSA) is 18.5 Å². The highest BCUT2D eigenvalue weighted by Gasteiger charge is 1.87. The average molecular weight is 312 g/mol. The van der Waals surface area contributed by atoms with Crippen LogP contribution in [-0.2, 0) is 9.47 Å². The number of rotatable bonds is 10. The van der Waals surface area contributed by atoms with Gasteiger partial charge < -0.3 is 9.47 Å². The van der Waals surface area contributed by atoms with Crippen molar-refractivity contribution in [3.63, 3.8) is 0 Å². The molecule has 0 aliphatic carbocycles. The smallest absolute Gasteiger partial charge is 0.146 e. The van der Waals surface area contributed by atoms with E-state index in [9.17, 15) is 0 Å². The number of halogens is 1. The molecule has 0 fully saturated rings. The van der Waals surface area contributed by atoms with Gasteiger partial charge in [0.15, 0.2) is 0 Å². The van der Waals surface area contributed by atoms with Crippen molar-refractivity contribution in [2.24, 2.45) is 0 Å². The molecule has 0 saturated carbocycles. The van der Waals surface area contributed by atoms with Gasteiger partial charge in [0.1, 0.15) is 6.79 Å². The quantitative estimate of drug-likeness (QED) is 0.202. The van der Waals surface area contributed by atoms with E-state index in [1.807, 2.05) is 0 Å². The Morgan fingerprint density at radius 3 is 2.50 bits per heavy atom. The fourth-order valence-corrected chi connectivity index (χ4v) is 1.23. The molecule has 0 saturated heterocycles. The minimum Gasteiger partial charge on any atom is -0.355 e. The molecule has 0 aromatic heterocycles. The molecule has 0 aliphatic heterocycles. The lowest BCUT2D eigenvalue weighted by Crippen LogP contribution is -2.02. The van der Waals surface area contributed by atoms with Crippen molar-refractivity contribution in [1.82, 2.24) is 0 Å². The van der Waals surface area contributed by atoms with Crippen LogP contribution in [0.1, 0.15) is 32.6 Å². The van der Waals surface area contributed by atoms with Crippen molar-refractivity contribution in [3.05, 3.63) is 12.2 Å². The fourth-order valence-electron chi connectivity index (χ4n) is 0.873. The Balaban J connectivity index is 2.91. The molecule has 0 aliphatic rings. The van der Waals surface area contributed by atoms with E-state index in [2.05, 4.69) is 41.7 Å². The van der Waals surface area contributed by atoms with Gasteiger partial charge in [0.25, 0.3) is 0 Å². The maximum Gasteiger partial charge on any atom is 0.146 e. The van der Waals surface area contributed by atoms with Crippen molar-refractivity contribution in [3.8, 4) is 0 Å². The molecule has 0 N–H and O–H groups in total. The summed E-state index contributed by atoms with van der Waals surface area (Å²) in [5.74, 6) is 0. The molecule has 84 valence electrons. The molecule has 0 atom stereocenters. The van der Waals surface area contributed by atoms with Gasteiger partial charge in [-0.05, 0) is 19.3 Å². The Kier molecular flexibility index (Phi) is 13.8. The highest BCUT2D eigenvalue weighted by molar-refractivity contribution is 14.1. The van der Waals surface area contributed by atoms with E-state index in [1.54, 1.807) is 0 Å². The first-order chi connectivity index (χ1) is 6.91. The zero-order chi connectivity index (χ0) is 10.5. The maximum atomic E-state index is 5.29. The number of allylic oxidation sites excluding steroid dienone is 1. The van der Waals surface area contributed by atoms with Gasteiger partial charge >= 0.3 is 0 Å². The molecule has 0 radical (unpaired) electrons. The predicted octanol–water partition coefficient (Wildman–Crippen LogP) is 3.55. The second-order valence-corrected chi connectivity index (χ2v) is 4.10. The van der Waals surface area contributed by atoms with E-state index in [0.29, 0.717) is 6.79 Å². The van der Waals surface area contributed by atoms with E-state index in [1.165, 1.54) is 10.8 Å².